The van der Waals surface area contributed by atoms with Crippen LogP contribution in [0.5, 0.6) is 0 Å². The summed E-state index contributed by atoms with van der Waals surface area (Å²) < 4.78 is 0. The van der Waals surface area contributed by atoms with Gasteiger partial charge in [-0.05, 0) is 68.3 Å². The van der Waals surface area contributed by atoms with Crippen LogP contribution in [-0.2, 0) is 9.59 Å². The van der Waals surface area contributed by atoms with Crippen LogP contribution < -0.4 is 10.6 Å². The van der Waals surface area contributed by atoms with Crippen molar-refractivity contribution in [1.82, 2.24) is 10.2 Å². The number of anilines is 1. The van der Waals surface area contributed by atoms with Crippen molar-refractivity contribution in [3.8, 4) is 0 Å². The second-order valence-corrected chi connectivity index (χ2v) is 8.08. The average Bonchev–Trinajstić information content (AvgIpc) is 2.68. The molecule has 0 unspecified atom stereocenters. The van der Waals surface area contributed by atoms with Gasteiger partial charge in [-0.2, -0.15) is 11.8 Å². The van der Waals surface area contributed by atoms with Gasteiger partial charge in [-0.15, -0.1) is 0 Å². The molecule has 0 aliphatic carbocycles. The van der Waals surface area contributed by atoms with Gasteiger partial charge < -0.3 is 15.5 Å². The van der Waals surface area contributed by atoms with Crippen LogP contribution in [0.3, 0.4) is 0 Å². The van der Waals surface area contributed by atoms with Gasteiger partial charge in [0.25, 0.3) is 0 Å². The maximum Gasteiger partial charge on any atom is 0.313 e. The Morgan fingerprint density at radius 1 is 1.00 bits per heavy atom. The van der Waals surface area contributed by atoms with E-state index in [2.05, 4.69) is 27.3 Å². The van der Waals surface area contributed by atoms with E-state index in [1.165, 1.54) is 24.3 Å². The monoisotopic (exact) mass is 361 g/mol. The zero-order valence-electron chi connectivity index (χ0n) is 14.6. The quantitative estimate of drug-likeness (QED) is 0.808. The molecule has 2 fully saturated rings. The van der Waals surface area contributed by atoms with Gasteiger partial charge in [-0.1, -0.05) is 18.2 Å². The normalized spacial score (nSPS) is 20.2. The number of thioether (sulfide) groups is 1. The van der Waals surface area contributed by atoms with Gasteiger partial charge in [0.05, 0.1) is 0 Å². The van der Waals surface area contributed by atoms with Crippen LogP contribution in [-0.4, -0.2) is 53.9 Å². The van der Waals surface area contributed by atoms with Crippen molar-refractivity contribution in [2.45, 2.75) is 31.7 Å². The lowest BCUT2D eigenvalue weighted by atomic mass is 9.94. The SMILES string of the molecule is O=C(NCC1CCN(C2CCSCC2)CC1)C(=O)Nc1ccccc1. The minimum Gasteiger partial charge on any atom is -0.348 e. The average molecular weight is 362 g/mol. The van der Waals surface area contributed by atoms with E-state index in [4.69, 9.17) is 0 Å². The highest BCUT2D eigenvalue weighted by molar-refractivity contribution is 7.99. The van der Waals surface area contributed by atoms with Crippen molar-refractivity contribution in [2.24, 2.45) is 5.92 Å². The van der Waals surface area contributed by atoms with Crippen LogP contribution in [0.15, 0.2) is 30.3 Å². The Hall–Kier alpha value is -1.53. The number of carbonyl (C=O) groups is 2. The molecule has 0 radical (unpaired) electrons. The lowest BCUT2D eigenvalue weighted by Gasteiger charge is -2.39. The zero-order valence-corrected chi connectivity index (χ0v) is 15.4. The summed E-state index contributed by atoms with van der Waals surface area (Å²) in [4.78, 5) is 26.5. The lowest BCUT2D eigenvalue weighted by Crippen LogP contribution is -2.45. The fourth-order valence-corrected chi connectivity index (χ4v) is 4.68. The van der Waals surface area contributed by atoms with Gasteiger partial charge in [-0.25, -0.2) is 0 Å². The molecule has 0 bridgehead atoms. The van der Waals surface area contributed by atoms with Crippen LogP contribution in [0.1, 0.15) is 25.7 Å². The van der Waals surface area contributed by atoms with Gasteiger partial charge in [0.15, 0.2) is 0 Å². The fourth-order valence-electron chi connectivity index (χ4n) is 3.60. The third-order valence-electron chi connectivity index (χ3n) is 5.15. The van der Waals surface area contributed by atoms with Crippen molar-refractivity contribution in [1.29, 1.82) is 0 Å². The first-order valence-electron chi connectivity index (χ1n) is 9.18. The van der Waals surface area contributed by atoms with E-state index in [1.807, 2.05) is 18.2 Å². The summed E-state index contributed by atoms with van der Waals surface area (Å²) in [5.41, 5.74) is 0.640. The van der Waals surface area contributed by atoms with Gasteiger partial charge >= 0.3 is 11.8 Å². The van der Waals surface area contributed by atoms with Crippen molar-refractivity contribution in [3.05, 3.63) is 30.3 Å². The van der Waals surface area contributed by atoms with Gasteiger partial charge in [0.2, 0.25) is 0 Å². The van der Waals surface area contributed by atoms with E-state index in [0.717, 1.165) is 32.0 Å². The molecular formula is C19H27N3O2S. The number of rotatable bonds is 4. The number of piperidine rings is 1. The molecule has 2 amide bonds. The van der Waals surface area contributed by atoms with Crippen molar-refractivity contribution < 1.29 is 9.59 Å². The van der Waals surface area contributed by atoms with Gasteiger partial charge in [0, 0.05) is 18.3 Å². The van der Waals surface area contributed by atoms with Crippen molar-refractivity contribution >= 4 is 29.3 Å². The van der Waals surface area contributed by atoms with Crippen LogP contribution in [0, 0.1) is 5.92 Å². The number of carbonyl (C=O) groups excluding carboxylic acids is 2. The number of hydrogen-bond acceptors (Lipinski definition) is 4. The molecule has 25 heavy (non-hydrogen) atoms. The number of nitrogens with one attached hydrogen (secondary N) is 2. The molecule has 0 saturated carbocycles. The number of para-hydroxylation sites is 1. The minimum atomic E-state index is -0.594. The maximum atomic E-state index is 12.0. The van der Waals surface area contributed by atoms with E-state index >= 15 is 0 Å². The van der Waals surface area contributed by atoms with Crippen LogP contribution in [0.2, 0.25) is 0 Å². The smallest absolute Gasteiger partial charge is 0.313 e. The molecule has 2 aliphatic heterocycles. The van der Waals surface area contributed by atoms with Gasteiger partial charge in [0.1, 0.15) is 0 Å². The molecular weight excluding hydrogens is 334 g/mol. The Labute approximate surface area is 153 Å². The highest BCUT2D eigenvalue weighted by atomic mass is 32.2. The molecule has 5 nitrogen and oxygen atoms in total. The highest BCUT2D eigenvalue weighted by Crippen LogP contribution is 2.26. The first kappa shape index (κ1) is 18.3. The largest absolute Gasteiger partial charge is 0.348 e. The molecule has 1 aromatic carbocycles. The fraction of sp³-hybridized carbons (Fsp3) is 0.579. The Morgan fingerprint density at radius 3 is 2.36 bits per heavy atom. The van der Waals surface area contributed by atoms with E-state index in [1.54, 1.807) is 12.1 Å². The lowest BCUT2D eigenvalue weighted by molar-refractivity contribution is -0.136. The molecule has 0 atom stereocenters. The molecule has 1 aromatic rings. The summed E-state index contributed by atoms with van der Waals surface area (Å²) in [5, 5.41) is 5.41. The topological polar surface area (TPSA) is 61.4 Å². The van der Waals surface area contributed by atoms with E-state index in [0.29, 0.717) is 18.2 Å². The second-order valence-electron chi connectivity index (χ2n) is 6.85. The first-order chi connectivity index (χ1) is 12.2. The molecule has 6 heteroatoms. The van der Waals surface area contributed by atoms with Crippen LogP contribution in [0.25, 0.3) is 0 Å². The first-order valence-corrected chi connectivity index (χ1v) is 10.3. The number of benzene rings is 1. The summed E-state index contributed by atoms with van der Waals surface area (Å²) in [7, 11) is 0. The molecule has 0 aromatic heterocycles. The maximum absolute atomic E-state index is 12.0. The number of nitrogens with zero attached hydrogens (tertiary/aromatic N) is 1. The summed E-state index contributed by atoms with van der Waals surface area (Å²) in [5.74, 6) is 1.91. The predicted molar refractivity (Wildman–Crippen MR) is 103 cm³/mol. The third kappa shape index (κ3) is 5.47. The standard InChI is InChI=1S/C19H27N3O2S/c23-18(19(24)21-16-4-2-1-3-5-16)20-14-15-6-10-22(11-7-15)17-8-12-25-13-9-17/h1-5,15,17H,6-14H2,(H,20,23)(H,21,24). The highest BCUT2D eigenvalue weighted by Gasteiger charge is 2.26. The van der Waals surface area contributed by atoms with E-state index in [9.17, 15) is 9.59 Å². The Balaban J connectivity index is 1.36. The predicted octanol–water partition coefficient (Wildman–Crippen LogP) is 2.35. The Morgan fingerprint density at radius 2 is 1.68 bits per heavy atom. The van der Waals surface area contributed by atoms with Crippen molar-refractivity contribution in [2.75, 3.05) is 36.5 Å². The molecule has 2 heterocycles. The molecule has 2 N–H and O–H groups in total. The summed E-state index contributed by atoms with van der Waals surface area (Å²) >= 11 is 2.07. The Bertz CT molecular complexity index is 567. The summed E-state index contributed by atoms with van der Waals surface area (Å²) in [6.07, 6.45) is 4.83. The Kier molecular flexibility index (Phi) is 6.76. The summed E-state index contributed by atoms with van der Waals surface area (Å²) in [6, 6.07) is 9.82. The van der Waals surface area contributed by atoms with Crippen LogP contribution >= 0.6 is 11.8 Å². The number of amides is 2. The van der Waals surface area contributed by atoms with E-state index < -0.39 is 11.8 Å². The van der Waals surface area contributed by atoms with Crippen molar-refractivity contribution in [3.63, 3.8) is 0 Å². The minimum absolute atomic E-state index is 0.475. The van der Waals surface area contributed by atoms with Crippen LogP contribution in [0.4, 0.5) is 5.69 Å². The number of likely N-dealkylation sites (tertiary alicyclic amines) is 1. The molecule has 2 saturated heterocycles. The molecule has 0 spiro atoms. The summed E-state index contributed by atoms with van der Waals surface area (Å²) in [6.45, 7) is 2.83. The van der Waals surface area contributed by atoms with E-state index in [-0.39, 0.29) is 0 Å². The number of hydrogen-bond donors (Lipinski definition) is 2. The third-order valence-corrected chi connectivity index (χ3v) is 6.19. The zero-order chi connectivity index (χ0) is 17.5. The molecule has 136 valence electrons. The molecule has 3 rings (SSSR count). The second kappa shape index (κ2) is 9.25. The van der Waals surface area contributed by atoms with Gasteiger partial charge in [-0.3, -0.25) is 9.59 Å². The molecule has 2 aliphatic rings.